The van der Waals surface area contributed by atoms with Crippen LogP contribution < -0.4 is 4.72 Å². The van der Waals surface area contributed by atoms with Crippen molar-refractivity contribution < 1.29 is 36.3 Å². The lowest BCUT2D eigenvalue weighted by Crippen LogP contribution is -2.48. The normalized spacial score (nSPS) is 20.8. The Labute approximate surface area is 251 Å². The number of piperidine rings is 1. The molecule has 2 heterocycles. The van der Waals surface area contributed by atoms with Crippen molar-refractivity contribution in [1.29, 1.82) is 0 Å². The van der Waals surface area contributed by atoms with Gasteiger partial charge in [-0.05, 0) is 90.0 Å². The number of aromatic nitrogens is 1. The molecule has 1 aliphatic heterocycles. The number of rotatable bonds is 7. The number of aliphatic carboxylic acids is 1. The first-order valence-electron chi connectivity index (χ1n) is 14.8. The van der Waals surface area contributed by atoms with E-state index in [2.05, 4.69) is 4.72 Å². The minimum absolute atomic E-state index is 0.0370. The predicted molar refractivity (Wildman–Crippen MR) is 157 cm³/mol. The summed E-state index contributed by atoms with van der Waals surface area (Å²) < 4.78 is 73.3. The van der Waals surface area contributed by atoms with Crippen LogP contribution >= 0.6 is 0 Å². The molecule has 12 heteroatoms. The molecule has 1 atom stereocenters. The van der Waals surface area contributed by atoms with Gasteiger partial charge in [-0.1, -0.05) is 25.3 Å². The molecule has 1 saturated carbocycles. The fraction of sp³-hybridized carbons (Fsp3) is 0.613. The summed E-state index contributed by atoms with van der Waals surface area (Å²) >= 11 is 0. The number of sulfonamides is 1. The van der Waals surface area contributed by atoms with Gasteiger partial charge in [0.25, 0.3) is 5.91 Å². The first-order valence-corrected chi connectivity index (χ1v) is 16.3. The van der Waals surface area contributed by atoms with Gasteiger partial charge in [-0.2, -0.15) is 13.2 Å². The number of likely N-dealkylation sites (tertiary alicyclic amines) is 1. The summed E-state index contributed by atoms with van der Waals surface area (Å²) in [4.78, 5) is 26.4. The molecular formula is C31H42F3N3O5S. The average molecular weight is 626 g/mol. The van der Waals surface area contributed by atoms with Gasteiger partial charge in [-0.3, -0.25) is 9.59 Å². The Morgan fingerprint density at radius 2 is 1.72 bits per heavy atom. The Kier molecular flexibility index (Phi) is 9.15. The van der Waals surface area contributed by atoms with E-state index in [1.54, 1.807) is 40.7 Å². The highest BCUT2D eigenvalue weighted by atomic mass is 32.2. The minimum Gasteiger partial charge on any atom is -0.481 e. The molecule has 43 heavy (non-hydrogen) atoms. The number of carboxylic acid groups (broad SMARTS) is 1. The molecule has 2 fully saturated rings. The highest BCUT2D eigenvalue weighted by Crippen LogP contribution is 2.39. The van der Waals surface area contributed by atoms with Gasteiger partial charge in [0.1, 0.15) is 0 Å². The Morgan fingerprint density at radius 3 is 2.30 bits per heavy atom. The number of carbonyl (C=O) groups excluding carboxylic acids is 1. The highest BCUT2D eigenvalue weighted by Gasteiger charge is 2.41. The molecule has 238 valence electrons. The second-order valence-corrected chi connectivity index (χ2v) is 15.1. The fourth-order valence-corrected chi connectivity index (χ4v) is 7.95. The van der Waals surface area contributed by atoms with Crippen LogP contribution in [0.15, 0.2) is 29.2 Å². The predicted octanol–water partition coefficient (Wildman–Crippen LogP) is 6.47. The summed E-state index contributed by atoms with van der Waals surface area (Å²) in [6.45, 7) is 8.95. The van der Waals surface area contributed by atoms with Crippen LogP contribution in [0.4, 0.5) is 13.2 Å². The third kappa shape index (κ3) is 7.28. The molecule has 1 aliphatic carbocycles. The molecule has 1 saturated heterocycles. The number of amides is 1. The number of alkyl halides is 3. The average Bonchev–Trinajstić information content (AvgIpc) is 3.22. The van der Waals surface area contributed by atoms with E-state index in [1.165, 1.54) is 11.0 Å². The number of hydrogen-bond donors (Lipinski definition) is 2. The van der Waals surface area contributed by atoms with E-state index in [4.69, 9.17) is 0 Å². The van der Waals surface area contributed by atoms with Crippen LogP contribution in [-0.2, 0) is 27.5 Å². The third-order valence-electron chi connectivity index (χ3n) is 8.57. The van der Waals surface area contributed by atoms with Gasteiger partial charge in [0.05, 0.1) is 21.4 Å². The summed E-state index contributed by atoms with van der Waals surface area (Å²) in [5, 5.41) is 9.75. The number of carboxylic acids is 1. The standard InChI is InChI=1S/C31H42F3N3O5S/c1-20-23(27(38)36-15-9-14-30(5,19-36)28(39)40)17-25(37(20)18-21-10-7-6-8-11-21)22-12-13-26(24(16-22)31(32,33)34)43(41,42)35-29(2,3)4/h12-13,16-17,21,35H,6-11,14-15,18-19H2,1-5H3,(H,39,40). The smallest absolute Gasteiger partial charge is 0.417 e. The zero-order chi connectivity index (χ0) is 32.0. The van der Waals surface area contributed by atoms with Gasteiger partial charge < -0.3 is 14.6 Å². The van der Waals surface area contributed by atoms with E-state index in [9.17, 15) is 36.3 Å². The Morgan fingerprint density at radius 1 is 1.07 bits per heavy atom. The number of nitrogens with zero attached hydrogens (tertiary/aromatic N) is 2. The molecule has 1 aromatic carbocycles. The quantitative estimate of drug-likeness (QED) is 0.367. The van der Waals surface area contributed by atoms with Gasteiger partial charge >= 0.3 is 12.1 Å². The summed E-state index contributed by atoms with van der Waals surface area (Å²) in [6, 6.07) is 4.75. The number of carbonyl (C=O) groups is 2. The van der Waals surface area contributed by atoms with Crippen molar-refractivity contribution in [3.63, 3.8) is 0 Å². The Hall–Kier alpha value is -2.86. The third-order valence-corrected chi connectivity index (χ3v) is 10.4. The first kappa shape index (κ1) is 33.0. The van der Waals surface area contributed by atoms with Crippen molar-refractivity contribution >= 4 is 21.9 Å². The molecule has 1 amide bonds. The van der Waals surface area contributed by atoms with Crippen molar-refractivity contribution in [1.82, 2.24) is 14.2 Å². The monoisotopic (exact) mass is 625 g/mol. The summed E-state index contributed by atoms with van der Waals surface area (Å²) in [6.07, 6.45) is 1.18. The zero-order valence-corrected chi connectivity index (χ0v) is 26.3. The maximum Gasteiger partial charge on any atom is 0.417 e. The van der Waals surface area contributed by atoms with Gasteiger partial charge in [0, 0.05) is 36.6 Å². The van der Waals surface area contributed by atoms with Gasteiger partial charge in [0.15, 0.2) is 0 Å². The van der Waals surface area contributed by atoms with Crippen LogP contribution in [0.2, 0.25) is 0 Å². The Balaban J connectivity index is 1.83. The van der Waals surface area contributed by atoms with E-state index in [0.717, 1.165) is 44.2 Å². The van der Waals surface area contributed by atoms with Crippen LogP contribution in [0.1, 0.15) is 94.3 Å². The van der Waals surface area contributed by atoms with Crippen molar-refractivity contribution in [3.05, 3.63) is 41.1 Å². The maximum atomic E-state index is 14.4. The van der Waals surface area contributed by atoms with Crippen LogP contribution in [-0.4, -0.2) is 53.5 Å². The van der Waals surface area contributed by atoms with Crippen molar-refractivity contribution in [2.24, 2.45) is 11.3 Å². The largest absolute Gasteiger partial charge is 0.481 e. The van der Waals surface area contributed by atoms with Crippen molar-refractivity contribution in [2.45, 2.75) is 103 Å². The van der Waals surface area contributed by atoms with E-state index in [1.807, 2.05) is 4.57 Å². The SMILES string of the molecule is Cc1c(C(=O)N2CCCC(C)(C(=O)O)C2)cc(-c2ccc(S(=O)(=O)NC(C)(C)C)c(C(F)(F)F)c2)n1CC1CCCCC1. The lowest BCUT2D eigenvalue weighted by molar-refractivity contribution is -0.150. The van der Waals surface area contributed by atoms with Gasteiger partial charge in [-0.15, -0.1) is 0 Å². The molecule has 1 aromatic heterocycles. The minimum atomic E-state index is -4.96. The summed E-state index contributed by atoms with van der Waals surface area (Å²) in [5.74, 6) is -1.06. The molecule has 4 rings (SSSR count). The second-order valence-electron chi connectivity index (χ2n) is 13.4. The number of hydrogen-bond acceptors (Lipinski definition) is 4. The van der Waals surface area contributed by atoms with E-state index >= 15 is 0 Å². The topological polar surface area (TPSA) is 109 Å². The molecule has 0 radical (unpaired) electrons. The van der Waals surface area contributed by atoms with Crippen LogP contribution in [0, 0.1) is 18.3 Å². The fourth-order valence-electron chi connectivity index (χ4n) is 6.32. The molecule has 2 aliphatic rings. The first-order chi connectivity index (χ1) is 19.8. The van der Waals surface area contributed by atoms with E-state index in [0.29, 0.717) is 42.9 Å². The zero-order valence-electron chi connectivity index (χ0n) is 25.5. The molecule has 1 unspecified atom stereocenters. The van der Waals surface area contributed by atoms with E-state index < -0.39 is 43.6 Å². The molecule has 2 N–H and O–H groups in total. The van der Waals surface area contributed by atoms with Gasteiger partial charge in [0.2, 0.25) is 10.0 Å². The van der Waals surface area contributed by atoms with Gasteiger partial charge in [-0.25, -0.2) is 13.1 Å². The maximum absolute atomic E-state index is 14.4. The number of nitrogens with one attached hydrogen (secondary N) is 1. The van der Waals surface area contributed by atoms with Crippen molar-refractivity contribution in [3.8, 4) is 11.3 Å². The molecule has 0 bridgehead atoms. The van der Waals surface area contributed by atoms with Crippen LogP contribution in [0.5, 0.6) is 0 Å². The summed E-state index contributed by atoms with van der Waals surface area (Å²) in [7, 11) is -4.50. The Bertz CT molecular complexity index is 1490. The molecule has 8 nitrogen and oxygen atoms in total. The lowest BCUT2D eigenvalue weighted by atomic mass is 9.82. The molecule has 0 spiro atoms. The summed E-state index contributed by atoms with van der Waals surface area (Å²) in [5.41, 5.74) is -1.93. The van der Waals surface area contributed by atoms with Crippen LogP contribution in [0.25, 0.3) is 11.3 Å². The lowest BCUT2D eigenvalue weighted by Gasteiger charge is -2.37. The number of halogens is 3. The van der Waals surface area contributed by atoms with Crippen molar-refractivity contribution in [2.75, 3.05) is 13.1 Å². The van der Waals surface area contributed by atoms with Crippen LogP contribution in [0.3, 0.4) is 0 Å². The molecule has 2 aromatic rings. The second kappa shape index (κ2) is 11.9. The molecular weight excluding hydrogens is 583 g/mol. The van der Waals surface area contributed by atoms with E-state index in [-0.39, 0.29) is 23.9 Å². The highest BCUT2D eigenvalue weighted by molar-refractivity contribution is 7.89. The number of benzene rings is 1.